The van der Waals surface area contributed by atoms with Crippen molar-refractivity contribution in [1.29, 1.82) is 0 Å². The quantitative estimate of drug-likeness (QED) is 0.721. The molecule has 0 spiro atoms. The van der Waals surface area contributed by atoms with E-state index in [1.807, 2.05) is 49.1 Å². The van der Waals surface area contributed by atoms with E-state index < -0.39 is 0 Å². The van der Waals surface area contributed by atoms with Gasteiger partial charge >= 0.3 is 0 Å². The summed E-state index contributed by atoms with van der Waals surface area (Å²) in [6, 6.07) is 13.9. The topological polar surface area (TPSA) is 55.9 Å². The van der Waals surface area contributed by atoms with Crippen LogP contribution in [0.5, 0.6) is 0 Å². The third-order valence-corrected chi connectivity index (χ3v) is 6.96. The van der Waals surface area contributed by atoms with Crippen molar-refractivity contribution >= 4 is 34.8 Å². The summed E-state index contributed by atoms with van der Waals surface area (Å²) in [4.78, 5) is 32.0. The van der Waals surface area contributed by atoms with Gasteiger partial charge in [-0.25, -0.2) is 0 Å². The van der Waals surface area contributed by atoms with Crippen LogP contribution in [0.4, 0.5) is 11.4 Å². The highest BCUT2D eigenvalue weighted by Gasteiger charge is 2.31. The van der Waals surface area contributed by atoms with Gasteiger partial charge in [0.15, 0.2) is 0 Å². The van der Waals surface area contributed by atoms with Gasteiger partial charge in [0.05, 0.1) is 6.54 Å². The van der Waals surface area contributed by atoms with Gasteiger partial charge in [-0.05, 0) is 69.6 Å². The van der Waals surface area contributed by atoms with Crippen LogP contribution in [0.3, 0.4) is 0 Å². The van der Waals surface area contributed by atoms with Crippen molar-refractivity contribution in [2.24, 2.45) is 5.92 Å². The van der Waals surface area contributed by atoms with Gasteiger partial charge in [-0.2, -0.15) is 0 Å². The molecule has 0 aliphatic carbocycles. The number of piperidine rings is 1. The SMILES string of the molecule is Cc1ccc(NC(=O)CN2CCC(C(=O)N3CCN(c4cccc(Cl)c4)CC3)CC2)c(C)c1. The van der Waals surface area contributed by atoms with Crippen LogP contribution in [0.15, 0.2) is 42.5 Å². The van der Waals surface area contributed by atoms with E-state index >= 15 is 0 Å². The first-order chi connectivity index (χ1) is 15.9. The monoisotopic (exact) mass is 468 g/mol. The first-order valence-electron chi connectivity index (χ1n) is 11.8. The molecule has 0 radical (unpaired) electrons. The molecule has 33 heavy (non-hydrogen) atoms. The average Bonchev–Trinajstić information content (AvgIpc) is 2.81. The molecule has 0 aromatic heterocycles. The van der Waals surface area contributed by atoms with Gasteiger partial charge in [-0.1, -0.05) is 35.4 Å². The van der Waals surface area contributed by atoms with Crippen molar-refractivity contribution < 1.29 is 9.59 Å². The standard InChI is InChI=1S/C26H33ClN4O2/c1-19-6-7-24(20(2)16-19)28-25(32)18-29-10-8-21(9-11-29)26(33)31-14-12-30(13-15-31)23-5-3-4-22(27)17-23/h3-7,16-17,21H,8-15,18H2,1-2H3,(H,28,32). The smallest absolute Gasteiger partial charge is 0.238 e. The predicted octanol–water partition coefficient (Wildman–Crippen LogP) is 3.96. The number of amides is 2. The van der Waals surface area contributed by atoms with E-state index in [0.717, 1.165) is 74.1 Å². The van der Waals surface area contributed by atoms with E-state index in [4.69, 9.17) is 11.6 Å². The summed E-state index contributed by atoms with van der Waals surface area (Å²) in [5, 5.41) is 3.76. The molecule has 2 heterocycles. The number of nitrogens with one attached hydrogen (secondary N) is 1. The van der Waals surface area contributed by atoms with Crippen LogP contribution < -0.4 is 10.2 Å². The van der Waals surface area contributed by atoms with Crippen molar-refractivity contribution in [3.8, 4) is 0 Å². The Bertz CT molecular complexity index is 996. The maximum atomic E-state index is 13.1. The number of aryl methyl sites for hydroxylation is 2. The van der Waals surface area contributed by atoms with E-state index in [0.29, 0.717) is 6.54 Å². The minimum atomic E-state index is 0.00358. The molecule has 4 rings (SSSR count). The zero-order valence-electron chi connectivity index (χ0n) is 19.5. The molecule has 2 aromatic carbocycles. The molecule has 0 unspecified atom stereocenters. The van der Waals surface area contributed by atoms with Gasteiger partial charge in [0, 0.05) is 48.5 Å². The molecule has 0 atom stereocenters. The Kier molecular flexibility index (Phi) is 7.56. The van der Waals surface area contributed by atoms with Gasteiger partial charge in [-0.3, -0.25) is 14.5 Å². The van der Waals surface area contributed by atoms with E-state index in [-0.39, 0.29) is 17.7 Å². The third-order valence-electron chi connectivity index (χ3n) is 6.72. The van der Waals surface area contributed by atoms with Crippen LogP contribution in [0.2, 0.25) is 5.02 Å². The number of carbonyl (C=O) groups is 2. The molecule has 2 aliphatic rings. The Hall–Kier alpha value is -2.57. The summed E-state index contributed by atoms with van der Waals surface area (Å²) in [6.07, 6.45) is 1.62. The van der Waals surface area contributed by atoms with Crippen LogP contribution in [0, 0.1) is 19.8 Å². The lowest BCUT2D eigenvalue weighted by Crippen LogP contribution is -2.52. The molecule has 6 nitrogen and oxygen atoms in total. The number of nitrogens with zero attached hydrogens (tertiary/aromatic N) is 3. The zero-order chi connectivity index (χ0) is 23.4. The second kappa shape index (κ2) is 10.6. The highest BCUT2D eigenvalue weighted by molar-refractivity contribution is 6.30. The molecule has 2 amide bonds. The molecule has 7 heteroatoms. The first-order valence-corrected chi connectivity index (χ1v) is 12.2. The number of rotatable bonds is 5. The summed E-state index contributed by atoms with van der Waals surface area (Å²) < 4.78 is 0. The first kappa shape index (κ1) is 23.6. The van der Waals surface area contributed by atoms with Crippen molar-refractivity contribution in [3.05, 3.63) is 58.6 Å². The predicted molar refractivity (Wildman–Crippen MR) is 134 cm³/mol. The van der Waals surface area contributed by atoms with Gasteiger partial charge < -0.3 is 15.1 Å². The highest BCUT2D eigenvalue weighted by Crippen LogP contribution is 2.24. The van der Waals surface area contributed by atoms with E-state index in [1.165, 1.54) is 5.56 Å². The van der Waals surface area contributed by atoms with Crippen LogP contribution in [0.25, 0.3) is 0 Å². The zero-order valence-corrected chi connectivity index (χ0v) is 20.3. The van der Waals surface area contributed by atoms with Crippen molar-refractivity contribution in [3.63, 3.8) is 0 Å². The van der Waals surface area contributed by atoms with Crippen LogP contribution >= 0.6 is 11.6 Å². The van der Waals surface area contributed by atoms with Gasteiger partial charge in [0.25, 0.3) is 0 Å². The summed E-state index contributed by atoms with van der Waals surface area (Å²) >= 11 is 6.12. The number of hydrogen-bond donors (Lipinski definition) is 1. The highest BCUT2D eigenvalue weighted by atomic mass is 35.5. The summed E-state index contributed by atoms with van der Waals surface area (Å²) in [6.45, 7) is 9.10. The van der Waals surface area contributed by atoms with Crippen molar-refractivity contribution in [2.45, 2.75) is 26.7 Å². The molecule has 176 valence electrons. The summed E-state index contributed by atoms with van der Waals surface area (Å²) in [5.74, 6) is 0.324. The molecule has 0 bridgehead atoms. The van der Waals surface area contributed by atoms with Crippen LogP contribution in [-0.4, -0.2) is 67.4 Å². The van der Waals surface area contributed by atoms with Crippen molar-refractivity contribution in [2.75, 3.05) is 56.0 Å². The molecule has 0 saturated carbocycles. The third kappa shape index (κ3) is 6.06. The Morgan fingerprint density at radius 2 is 1.70 bits per heavy atom. The Labute approximate surface area is 201 Å². The number of likely N-dealkylation sites (tertiary alicyclic amines) is 1. The van der Waals surface area contributed by atoms with Gasteiger partial charge in [0.2, 0.25) is 11.8 Å². The summed E-state index contributed by atoms with van der Waals surface area (Å²) in [5.41, 5.74) is 4.24. The van der Waals surface area contributed by atoms with Crippen LogP contribution in [-0.2, 0) is 9.59 Å². The fourth-order valence-electron chi connectivity index (χ4n) is 4.80. The lowest BCUT2D eigenvalue weighted by molar-refractivity contribution is -0.137. The van der Waals surface area contributed by atoms with E-state index in [1.54, 1.807) is 0 Å². The molecular weight excluding hydrogens is 436 g/mol. The second-order valence-electron chi connectivity index (χ2n) is 9.21. The number of benzene rings is 2. The molecule has 2 aliphatic heterocycles. The maximum absolute atomic E-state index is 13.1. The number of hydrogen-bond acceptors (Lipinski definition) is 4. The minimum Gasteiger partial charge on any atom is -0.368 e. The Morgan fingerprint density at radius 3 is 2.36 bits per heavy atom. The Balaban J connectivity index is 1.21. The van der Waals surface area contributed by atoms with Crippen LogP contribution in [0.1, 0.15) is 24.0 Å². The molecular formula is C26H33ClN4O2. The van der Waals surface area contributed by atoms with Crippen molar-refractivity contribution in [1.82, 2.24) is 9.80 Å². The second-order valence-corrected chi connectivity index (χ2v) is 9.65. The normalized spacial score (nSPS) is 17.8. The minimum absolute atomic E-state index is 0.00358. The largest absolute Gasteiger partial charge is 0.368 e. The molecule has 2 aromatic rings. The number of anilines is 2. The summed E-state index contributed by atoms with van der Waals surface area (Å²) in [7, 11) is 0. The van der Waals surface area contributed by atoms with E-state index in [2.05, 4.69) is 27.2 Å². The number of piperazine rings is 1. The Morgan fingerprint density at radius 1 is 0.970 bits per heavy atom. The average molecular weight is 469 g/mol. The molecule has 2 fully saturated rings. The van der Waals surface area contributed by atoms with Gasteiger partial charge in [0.1, 0.15) is 0 Å². The fourth-order valence-corrected chi connectivity index (χ4v) is 4.99. The molecule has 1 N–H and O–H groups in total. The lowest BCUT2D eigenvalue weighted by atomic mass is 9.95. The fraction of sp³-hybridized carbons (Fsp3) is 0.462. The van der Waals surface area contributed by atoms with Gasteiger partial charge in [-0.15, -0.1) is 0 Å². The number of halogens is 1. The number of carbonyl (C=O) groups excluding carboxylic acids is 2. The van der Waals surface area contributed by atoms with E-state index in [9.17, 15) is 9.59 Å². The molecule has 2 saturated heterocycles. The lowest BCUT2D eigenvalue weighted by Gasteiger charge is -2.39. The maximum Gasteiger partial charge on any atom is 0.238 e.